The number of hydrogen-bond acceptors (Lipinski definition) is 1. The van der Waals surface area contributed by atoms with Crippen molar-refractivity contribution in [3.63, 3.8) is 0 Å². The third-order valence-electron chi connectivity index (χ3n) is 2.19. The van der Waals surface area contributed by atoms with Crippen LogP contribution in [0, 0.1) is 6.92 Å². The molecule has 0 aliphatic heterocycles. The van der Waals surface area contributed by atoms with Gasteiger partial charge in [0.25, 0.3) is 0 Å². The van der Waals surface area contributed by atoms with E-state index in [0.29, 0.717) is 12.6 Å². The van der Waals surface area contributed by atoms with Crippen molar-refractivity contribution in [2.24, 2.45) is 0 Å². The third kappa shape index (κ3) is 4.19. The van der Waals surface area contributed by atoms with Gasteiger partial charge >= 0.3 is 0 Å². The van der Waals surface area contributed by atoms with Gasteiger partial charge in [-0.2, -0.15) is 0 Å². The van der Waals surface area contributed by atoms with Crippen LogP contribution in [0.5, 0.6) is 0 Å². The molecular weight excluding hydrogens is 216 g/mol. The van der Waals surface area contributed by atoms with Crippen molar-refractivity contribution in [1.82, 2.24) is 10.2 Å². The first-order valence-electron chi connectivity index (χ1n) is 5.52. The van der Waals surface area contributed by atoms with Gasteiger partial charge in [0.15, 0.2) is 5.11 Å². The average Bonchev–Trinajstić information content (AvgIpc) is 2.26. The molecule has 0 saturated carbocycles. The minimum atomic E-state index is 0.359. The number of nitrogens with zero attached hydrogens (tertiary/aromatic N) is 1. The minimum Gasteiger partial charge on any atom is -0.360 e. The second-order valence-corrected chi connectivity index (χ2v) is 4.40. The van der Waals surface area contributed by atoms with Gasteiger partial charge < -0.3 is 10.2 Å². The van der Waals surface area contributed by atoms with Gasteiger partial charge in [0.2, 0.25) is 0 Å². The van der Waals surface area contributed by atoms with Crippen LogP contribution in [0.2, 0.25) is 0 Å². The Morgan fingerprint density at radius 2 is 2.00 bits per heavy atom. The van der Waals surface area contributed by atoms with E-state index in [4.69, 9.17) is 12.2 Å². The second-order valence-electron chi connectivity index (χ2n) is 4.01. The Kier molecular flexibility index (Phi) is 5.26. The summed E-state index contributed by atoms with van der Waals surface area (Å²) in [6.45, 7) is 9.55. The van der Waals surface area contributed by atoms with Crippen LogP contribution in [-0.2, 0) is 6.54 Å². The van der Waals surface area contributed by atoms with Crippen molar-refractivity contribution in [2.75, 3.05) is 6.54 Å². The molecule has 1 N–H and O–H groups in total. The van der Waals surface area contributed by atoms with Gasteiger partial charge in [0.05, 0.1) is 0 Å². The first kappa shape index (κ1) is 13.0. The lowest BCUT2D eigenvalue weighted by molar-refractivity contribution is 0.439. The predicted molar refractivity (Wildman–Crippen MR) is 73.1 cm³/mol. The smallest absolute Gasteiger partial charge is 0.169 e. The highest BCUT2D eigenvalue weighted by Crippen LogP contribution is 2.04. The normalized spacial score (nSPS) is 10.2. The van der Waals surface area contributed by atoms with Gasteiger partial charge in [-0.1, -0.05) is 30.3 Å². The maximum absolute atomic E-state index is 5.32. The van der Waals surface area contributed by atoms with Gasteiger partial charge in [0.1, 0.15) is 0 Å². The van der Waals surface area contributed by atoms with Gasteiger partial charge in [0, 0.05) is 19.1 Å². The van der Waals surface area contributed by atoms with Gasteiger partial charge in [-0.05, 0) is 38.6 Å². The Labute approximate surface area is 104 Å². The summed E-state index contributed by atoms with van der Waals surface area (Å²) in [7, 11) is 0. The monoisotopic (exact) mass is 235 g/mol. The summed E-state index contributed by atoms with van der Waals surface area (Å²) in [5, 5.41) is 4.00. The quantitative estimate of drug-likeness (QED) is 0.808. The van der Waals surface area contributed by atoms with Crippen LogP contribution in [0.3, 0.4) is 0 Å². The Hall–Kier alpha value is -1.09. The maximum atomic E-state index is 5.32. The summed E-state index contributed by atoms with van der Waals surface area (Å²) < 4.78 is 0. The van der Waals surface area contributed by atoms with Crippen LogP contribution in [0.15, 0.2) is 30.3 Å². The summed E-state index contributed by atoms with van der Waals surface area (Å²) >= 11 is 5.32. The molecule has 2 nitrogen and oxygen atoms in total. The van der Waals surface area contributed by atoms with E-state index in [1.165, 1.54) is 5.56 Å². The second kappa shape index (κ2) is 6.48. The molecule has 0 heterocycles. The Morgan fingerprint density at radius 3 is 2.50 bits per heavy atom. The average molecular weight is 235 g/mol. The van der Waals surface area contributed by atoms with Crippen LogP contribution in [-0.4, -0.2) is 22.6 Å². The Balaban J connectivity index is 2.58. The predicted octanol–water partition coefficient (Wildman–Crippen LogP) is 2.61. The zero-order valence-corrected chi connectivity index (χ0v) is 10.8. The van der Waals surface area contributed by atoms with Crippen molar-refractivity contribution in [3.05, 3.63) is 42.8 Å². The van der Waals surface area contributed by atoms with E-state index in [-0.39, 0.29) is 0 Å². The number of benzene rings is 1. The fraction of sp³-hybridized carbons (Fsp3) is 0.385. The van der Waals surface area contributed by atoms with Crippen molar-refractivity contribution in [2.45, 2.75) is 26.4 Å². The van der Waals surface area contributed by atoms with Crippen LogP contribution in [0.25, 0.3) is 0 Å². The lowest BCUT2D eigenvalue weighted by atomic mass is 10.2. The molecule has 3 heteroatoms. The molecule has 16 heavy (non-hydrogen) atoms. The lowest BCUT2D eigenvalue weighted by Gasteiger charge is -2.25. The number of hydrogen-bond donors (Lipinski definition) is 1. The van der Waals surface area contributed by atoms with E-state index in [0.717, 1.165) is 11.7 Å². The molecule has 0 aromatic heterocycles. The van der Waals surface area contributed by atoms with E-state index in [1.807, 2.05) is 18.2 Å². The molecule has 0 aliphatic carbocycles. The van der Waals surface area contributed by atoms with Crippen molar-refractivity contribution < 1.29 is 0 Å². The van der Waals surface area contributed by atoms with Gasteiger partial charge in [-0.25, -0.2) is 0 Å². The van der Waals surface area contributed by atoms with E-state index in [2.05, 4.69) is 43.1 Å². The first-order valence-corrected chi connectivity index (χ1v) is 5.93. The van der Waals surface area contributed by atoms with Crippen molar-refractivity contribution >= 4 is 17.3 Å². The fourth-order valence-corrected chi connectivity index (χ4v) is 1.79. The van der Waals surface area contributed by atoms with Crippen molar-refractivity contribution in [1.29, 1.82) is 0 Å². The molecule has 1 radical (unpaired) electrons. The third-order valence-corrected chi connectivity index (χ3v) is 2.56. The number of nitrogens with one attached hydrogen (secondary N) is 1. The summed E-state index contributed by atoms with van der Waals surface area (Å²) in [5.74, 6) is 0. The first-order chi connectivity index (χ1) is 7.63. The molecule has 0 saturated heterocycles. The highest BCUT2D eigenvalue weighted by atomic mass is 32.1. The molecule has 0 amide bonds. The highest BCUT2D eigenvalue weighted by molar-refractivity contribution is 7.80. The SMILES string of the molecule is [CH2]CN(Cc1ccccc1)C(=S)NC(C)C. The molecule has 0 atom stereocenters. The van der Waals surface area contributed by atoms with Crippen LogP contribution in [0.1, 0.15) is 19.4 Å². The molecule has 0 spiro atoms. The van der Waals surface area contributed by atoms with Crippen LogP contribution in [0.4, 0.5) is 0 Å². The highest BCUT2D eigenvalue weighted by Gasteiger charge is 2.08. The van der Waals surface area contributed by atoms with Crippen LogP contribution >= 0.6 is 12.2 Å². The summed E-state index contributed by atoms with van der Waals surface area (Å²) in [6.07, 6.45) is 0. The Morgan fingerprint density at radius 1 is 1.38 bits per heavy atom. The Bertz CT molecular complexity index is 322. The molecular formula is C13H19N2S. The standard InChI is InChI=1S/C13H19N2S/c1-4-15(13(16)14-11(2)3)10-12-8-6-5-7-9-12/h5-9,11H,1,4,10H2,2-3H3,(H,14,16). The molecule has 0 aliphatic rings. The zero-order valence-electron chi connectivity index (χ0n) is 9.94. The number of rotatable bonds is 4. The van der Waals surface area contributed by atoms with E-state index in [9.17, 15) is 0 Å². The molecule has 1 rings (SSSR count). The summed E-state index contributed by atoms with van der Waals surface area (Å²) in [6, 6.07) is 10.6. The zero-order chi connectivity index (χ0) is 12.0. The molecule has 1 aromatic rings. The van der Waals surface area contributed by atoms with Gasteiger partial charge in [-0.15, -0.1) is 0 Å². The molecule has 1 aromatic carbocycles. The van der Waals surface area contributed by atoms with E-state index in [1.54, 1.807) is 0 Å². The van der Waals surface area contributed by atoms with Crippen molar-refractivity contribution in [3.8, 4) is 0 Å². The maximum Gasteiger partial charge on any atom is 0.169 e. The largest absolute Gasteiger partial charge is 0.360 e. The summed E-state index contributed by atoms with van der Waals surface area (Å²) in [4.78, 5) is 2.06. The van der Waals surface area contributed by atoms with Gasteiger partial charge in [-0.3, -0.25) is 0 Å². The molecule has 0 bridgehead atoms. The summed E-state index contributed by atoms with van der Waals surface area (Å²) in [5.41, 5.74) is 1.25. The van der Waals surface area contributed by atoms with E-state index >= 15 is 0 Å². The molecule has 87 valence electrons. The minimum absolute atomic E-state index is 0.359. The lowest BCUT2D eigenvalue weighted by Crippen LogP contribution is -2.42. The van der Waals surface area contributed by atoms with Crippen LogP contribution < -0.4 is 5.32 Å². The topological polar surface area (TPSA) is 15.3 Å². The van der Waals surface area contributed by atoms with E-state index < -0.39 is 0 Å². The number of thiocarbonyl (C=S) groups is 1. The fourth-order valence-electron chi connectivity index (χ4n) is 1.39. The molecule has 0 unspecified atom stereocenters. The molecule has 0 fully saturated rings.